The minimum atomic E-state index is -3.60. The van der Waals surface area contributed by atoms with E-state index in [1.807, 2.05) is 12.1 Å². The number of rotatable bonds is 7. The van der Waals surface area contributed by atoms with Crippen LogP contribution in [-0.4, -0.2) is 60.8 Å². The van der Waals surface area contributed by atoms with E-state index in [1.54, 1.807) is 17.0 Å². The molecule has 1 aromatic carbocycles. The van der Waals surface area contributed by atoms with Gasteiger partial charge in [0.1, 0.15) is 0 Å². The predicted molar refractivity (Wildman–Crippen MR) is 113 cm³/mol. The highest BCUT2D eigenvalue weighted by molar-refractivity contribution is 7.89. The standard InChI is InChI=1S/C22H32N2O5S/c1-2-3-6-17-9-11-18(12-10-17)30(28,29)24-15-13-23(14-16-24)21(25)19-7-4-5-8-20(19)22(26)27/h9-12,19-20H,2-8,13-16H2,1H3,(H,26,27). The number of amides is 1. The van der Waals surface area contributed by atoms with Gasteiger partial charge in [-0.25, -0.2) is 8.42 Å². The van der Waals surface area contributed by atoms with Crippen molar-refractivity contribution >= 4 is 21.9 Å². The second-order valence-corrected chi connectivity index (χ2v) is 10.3. The number of hydrogen-bond donors (Lipinski definition) is 1. The van der Waals surface area contributed by atoms with Gasteiger partial charge < -0.3 is 10.0 Å². The average molecular weight is 437 g/mol. The molecule has 166 valence electrons. The van der Waals surface area contributed by atoms with Crippen LogP contribution in [0.5, 0.6) is 0 Å². The topological polar surface area (TPSA) is 95.0 Å². The number of hydrogen-bond acceptors (Lipinski definition) is 4. The normalized spacial score (nSPS) is 23.3. The number of benzene rings is 1. The van der Waals surface area contributed by atoms with Crippen LogP contribution < -0.4 is 0 Å². The van der Waals surface area contributed by atoms with E-state index in [1.165, 1.54) is 4.31 Å². The third-order valence-electron chi connectivity index (χ3n) is 6.33. The van der Waals surface area contributed by atoms with Gasteiger partial charge in [0, 0.05) is 26.2 Å². The lowest BCUT2D eigenvalue weighted by molar-refractivity contribution is -0.152. The van der Waals surface area contributed by atoms with Gasteiger partial charge in [0.05, 0.1) is 16.7 Å². The van der Waals surface area contributed by atoms with Crippen molar-refractivity contribution in [3.8, 4) is 0 Å². The number of carbonyl (C=O) groups is 2. The number of sulfonamides is 1. The maximum atomic E-state index is 13.0. The van der Waals surface area contributed by atoms with Crippen LogP contribution in [0.4, 0.5) is 0 Å². The van der Waals surface area contributed by atoms with Crippen molar-refractivity contribution < 1.29 is 23.1 Å². The van der Waals surface area contributed by atoms with Gasteiger partial charge in [0.25, 0.3) is 0 Å². The summed E-state index contributed by atoms with van der Waals surface area (Å²) in [6.45, 7) is 3.19. The Morgan fingerprint density at radius 2 is 1.60 bits per heavy atom. The zero-order valence-corrected chi connectivity index (χ0v) is 18.4. The van der Waals surface area contributed by atoms with Gasteiger partial charge in [-0.2, -0.15) is 4.31 Å². The van der Waals surface area contributed by atoms with Crippen molar-refractivity contribution in [1.82, 2.24) is 9.21 Å². The van der Waals surface area contributed by atoms with Crippen molar-refractivity contribution in [1.29, 1.82) is 0 Å². The summed E-state index contributed by atoms with van der Waals surface area (Å²) in [5.41, 5.74) is 1.13. The first-order valence-electron chi connectivity index (χ1n) is 10.9. The fourth-order valence-electron chi connectivity index (χ4n) is 4.46. The maximum Gasteiger partial charge on any atom is 0.307 e. The molecule has 1 saturated heterocycles. The monoisotopic (exact) mass is 436 g/mol. The fourth-order valence-corrected chi connectivity index (χ4v) is 5.89. The number of carboxylic acid groups (broad SMARTS) is 1. The molecular formula is C22H32N2O5S. The summed E-state index contributed by atoms with van der Waals surface area (Å²) in [4.78, 5) is 26.4. The van der Waals surface area contributed by atoms with E-state index >= 15 is 0 Å². The lowest BCUT2D eigenvalue weighted by Crippen LogP contribution is -2.53. The molecule has 2 atom stereocenters. The average Bonchev–Trinajstić information content (AvgIpc) is 2.77. The number of aryl methyl sites for hydroxylation is 1. The van der Waals surface area contributed by atoms with Crippen LogP contribution in [0.1, 0.15) is 51.0 Å². The Morgan fingerprint density at radius 3 is 2.17 bits per heavy atom. The van der Waals surface area contributed by atoms with Crippen molar-refractivity contribution in [3.05, 3.63) is 29.8 Å². The van der Waals surface area contributed by atoms with Crippen LogP contribution in [0.3, 0.4) is 0 Å². The Balaban J connectivity index is 1.61. The molecule has 1 N–H and O–H groups in total. The van der Waals surface area contributed by atoms with E-state index in [0.717, 1.165) is 37.7 Å². The molecule has 2 aliphatic rings. The largest absolute Gasteiger partial charge is 0.481 e. The van der Waals surface area contributed by atoms with Crippen molar-refractivity contribution in [2.24, 2.45) is 11.8 Å². The Hall–Kier alpha value is -1.93. The highest BCUT2D eigenvalue weighted by atomic mass is 32.2. The summed E-state index contributed by atoms with van der Waals surface area (Å²) in [5, 5.41) is 9.44. The molecule has 0 aromatic heterocycles. The molecule has 8 heteroatoms. The molecule has 1 aliphatic carbocycles. The summed E-state index contributed by atoms with van der Waals surface area (Å²) < 4.78 is 27.4. The van der Waals surface area contributed by atoms with Crippen LogP contribution in [0.2, 0.25) is 0 Å². The molecule has 0 spiro atoms. The molecule has 30 heavy (non-hydrogen) atoms. The second-order valence-electron chi connectivity index (χ2n) is 8.31. The van der Waals surface area contributed by atoms with Gasteiger partial charge >= 0.3 is 5.97 Å². The molecule has 1 heterocycles. The molecule has 1 saturated carbocycles. The highest BCUT2D eigenvalue weighted by Crippen LogP contribution is 2.32. The highest BCUT2D eigenvalue weighted by Gasteiger charge is 2.39. The molecule has 3 rings (SSSR count). The fraction of sp³-hybridized carbons (Fsp3) is 0.636. The van der Waals surface area contributed by atoms with Gasteiger partial charge in [0.15, 0.2) is 0 Å². The molecular weight excluding hydrogens is 404 g/mol. The zero-order valence-electron chi connectivity index (χ0n) is 17.6. The number of carboxylic acids is 1. The number of carbonyl (C=O) groups excluding carboxylic acids is 1. The molecule has 0 radical (unpaired) electrons. The van der Waals surface area contributed by atoms with Gasteiger partial charge in [0.2, 0.25) is 15.9 Å². The molecule has 1 aromatic rings. The summed E-state index contributed by atoms with van der Waals surface area (Å²) in [6.07, 6.45) is 5.94. The van der Waals surface area contributed by atoms with E-state index in [4.69, 9.17) is 0 Å². The van der Waals surface area contributed by atoms with Crippen molar-refractivity contribution in [2.45, 2.75) is 56.8 Å². The Morgan fingerprint density at radius 1 is 1.00 bits per heavy atom. The van der Waals surface area contributed by atoms with Gasteiger partial charge in [-0.3, -0.25) is 9.59 Å². The second kappa shape index (κ2) is 9.92. The minimum absolute atomic E-state index is 0.139. The Labute approximate surface area is 179 Å². The Kier molecular flexibility index (Phi) is 7.52. The molecule has 1 aliphatic heterocycles. The first-order chi connectivity index (χ1) is 14.3. The van der Waals surface area contributed by atoms with Gasteiger partial charge in [-0.05, 0) is 43.4 Å². The molecule has 2 unspecified atom stereocenters. The number of nitrogens with zero attached hydrogens (tertiary/aromatic N) is 2. The summed E-state index contributed by atoms with van der Waals surface area (Å²) in [5.74, 6) is -2.16. The number of unbranched alkanes of at least 4 members (excludes halogenated alkanes) is 1. The van der Waals surface area contributed by atoms with Gasteiger partial charge in [-0.15, -0.1) is 0 Å². The number of aliphatic carboxylic acids is 1. The van der Waals surface area contributed by atoms with E-state index in [2.05, 4.69) is 6.92 Å². The predicted octanol–water partition coefficient (Wildman–Crippen LogP) is 2.75. The SMILES string of the molecule is CCCCc1ccc(S(=O)(=O)N2CCN(C(=O)C3CCCCC3C(=O)O)CC2)cc1. The smallest absolute Gasteiger partial charge is 0.307 e. The Bertz CT molecular complexity index is 845. The summed E-state index contributed by atoms with van der Waals surface area (Å²) in [7, 11) is -3.60. The summed E-state index contributed by atoms with van der Waals surface area (Å²) in [6, 6.07) is 7.07. The van der Waals surface area contributed by atoms with E-state index < -0.39 is 27.8 Å². The van der Waals surface area contributed by atoms with E-state index in [9.17, 15) is 23.1 Å². The van der Waals surface area contributed by atoms with Crippen molar-refractivity contribution in [2.75, 3.05) is 26.2 Å². The van der Waals surface area contributed by atoms with Crippen molar-refractivity contribution in [3.63, 3.8) is 0 Å². The first-order valence-corrected chi connectivity index (χ1v) is 12.4. The molecule has 7 nitrogen and oxygen atoms in total. The minimum Gasteiger partial charge on any atom is -0.481 e. The van der Waals surface area contributed by atoms with Crippen LogP contribution >= 0.6 is 0 Å². The lowest BCUT2D eigenvalue weighted by Gasteiger charge is -2.38. The van der Waals surface area contributed by atoms with Crippen LogP contribution in [-0.2, 0) is 26.0 Å². The first kappa shape index (κ1) is 22.7. The number of piperazine rings is 1. The lowest BCUT2D eigenvalue weighted by atomic mass is 9.78. The third-order valence-corrected chi connectivity index (χ3v) is 8.24. The van der Waals surface area contributed by atoms with Crippen LogP contribution in [0, 0.1) is 11.8 Å². The molecule has 1 amide bonds. The molecule has 2 fully saturated rings. The van der Waals surface area contributed by atoms with E-state index in [0.29, 0.717) is 25.9 Å². The van der Waals surface area contributed by atoms with Crippen LogP contribution in [0.25, 0.3) is 0 Å². The van der Waals surface area contributed by atoms with Crippen LogP contribution in [0.15, 0.2) is 29.2 Å². The third kappa shape index (κ3) is 5.03. The summed E-state index contributed by atoms with van der Waals surface area (Å²) >= 11 is 0. The quantitative estimate of drug-likeness (QED) is 0.709. The molecule has 0 bridgehead atoms. The maximum absolute atomic E-state index is 13.0. The zero-order chi connectivity index (χ0) is 21.7. The van der Waals surface area contributed by atoms with Gasteiger partial charge in [-0.1, -0.05) is 38.3 Å². The van der Waals surface area contributed by atoms with E-state index in [-0.39, 0.29) is 23.9 Å².